The molecular formula is C16H25ClN4. The van der Waals surface area contributed by atoms with Gasteiger partial charge in [0.1, 0.15) is 11.3 Å². The highest BCUT2D eigenvalue weighted by Crippen LogP contribution is 2.43. The molecule has 0 N–H and O–H groups in total. The van der Waals surface area contributed by atoms with Crippen molar-refractivity contribution < 1.29 is 0 Å². The summed E-state index contributed by atoms with van der Waals surface area (Å²) in [5.74, 6) is 2.41. The van der Waals surface area contributed by atoms with Crippen LogP contribution in [0.25, 0.3) is 11.2 Å². The van der Waals surface area contributed by atoms with Crippen LogP contribution in [-0.2, 0) is 6.54 Å². The Balaban J connectivity index is 2.25. The molecule has 0 radical (unpaired) electrons. The second kappa shape index (κ2) is 5.31. The highest BCUT2D eigenvalue weighted by atomic mass is 35.5. The topological polar surface area (TPSA) is 35.6 Å². The lowest BCUT2D eigenvalue weighted by atomic mass is 9.97. The number of halogens is 1. The van der Waals surface area contributed by atoms with Gasteiger partial charge in [0.25, 0.3) is 0 Å². The van der Waals surface area contributed by atoms with Crippen molar-refractivity contribution in [2.24, 2.45) is 11.8 Å². The Morgan fingerprint density at radius 3 is 2.57 bits per heavy atom. The number of imidazole rings is 1. The molecule has 1 aliphatic carbocycles. The smallest absolute Gasteiger partial charge is 0.159 e. The molecule has 1 fully saturated rings. The van der Waals surface area contributed by atoms with Crippen LogP contribution < -0.4 is 0 Å². The minimum absolute atomic E-state index is 0.0785. The highest BCUT2D eigenvalue weighted by Gasteiger charge is 2.35. The van der Waals surface area contributed by atoms with Crippen LogP contribution in [0.5, 0.6) is 0 Å². The summed E-state index contributed by atoms with van der Waals surface area (Å²) in [5.41, 5.74) is 3.18. The third-order valence-corrected chi connectivity index (χ3v) is 5.38. The molecule has 21 heavy (non-hydrogen) atoms. The van der Waals surface area contributed by atoms with Crippen molar-refractivity contribution in [2.75, 3.05) is 0 Å². The summed E-state index contributed by atoms with van der Waals surface area (Å²) in [6, 6.07) is 0.489. The number of hydrogen-bond donors (Lipinski definition) is 0. The SMILES string of the molecule is CCn1nc(C)c2nc(C(C)Cl)n(C3CCC(C)C3C)c21. The maximum atomic E-state index is 6.43. The van der Waals surface area contributed by atoms with Crippen LogP contribution in [0.15, 0.2) is 0 Å². The van der Waals surface area contributed by atoms with E-state index in [0.717, 1.165) is 35.1 Å². The molecule has 1 aliphatic rings. The zero-order valence-electron chi connectivity index (χ0n) is 13.6. The molecule has 4 atom stereocenters. The normalized spacial score (nSPS) is 27.6. The van der Waals surface area contributed by atoms with Crippen LogP contribution in [0.3, 0.4) is 0 Å². The molecule has 0 bridgehead atoms. The van der Waals surface area contributed by atoms with Crippen LogP contribution in [-0.4, -0.2) is 19.3 Å². The van der Waals surface area contributed by atoms with Gasteiger partial charge in [-0.15, -0.1) is 11.6 Å². The Labute approximate surface area is 131 Å². The van der Waals surface area contributed by atoms with Crippen molar-refractivity contribution in [1.82, 2.24) is 19.3 Å². The summed E-state index contributed by atoms with van der Waals surface area (Å²) in [5, 5.41) is 4.56. The van der Waals surface area contributed by atoms with E-state index in [1.165, 1.54) is 12.8 Å². The van der Waals surface area contributed by atoms with E-state index in [1.54, 1.807) is 0 Å². The zero-order chi connectivity index (χ0) is 15.3. The van der Waals surface area contributed by atoms with Crippen LogP contribution >= 0.6 is 11.6 Å². The van der Waals surface area contributed by atoms with Gasteiger partial charge in [0.15, 0.2) is 5.65 Å². The van der Waals surface area contributed by atoms with Crippen LogP contribution in [0.4, 0.5) is 0 Å². The Morgan fingerprint density at radius 1 is 1.33 bits per heavy atom. The number of nitrogens with zero attached hydrogens (tertiary/aromatic N) is 4. The molecule has 5 heteroatoms. The van der Waals surface area contributed by atoms with Gasteiger partial charge in [0.2, 0.25) is 0 Å². The maximum absolute atomic E-state index is 6.43. The average molecular weight is 309 g/mol. The van der Waals surface area contributed by atoms with Gasteiger partial charge < -0.3 is 4.57 Å². The first kappa shape index (κ1) is 14.9. The summed E-state index contributed by atoms with van der Waals surface area (Å²) in [7, 11) is 0. The number of rotatable bonds is 3. The van der Waals surface area contributed by atoms with Gasteiger partial charge in [0.05, 0.1) is 11.1 Å². The predicted molar refractivity (Wildman–Crippen MR) is 86.8 cm³/mol. The van der Waals surface area contributed by atoms with Crippen LogP contribution in [0.2, 0.25) is 0 Å². The summed E-state index contributed by atoms with van der Waals surface area (Å²) < 4.78 is 4.47. The molecule has 116 valence electrons. The fraction of sp³-hybridized carbons (Fsp3) is 0.750. The highest BCUT2D eigenvalue weighted by molar-refractivity contribution is 6.20. The maximum Gasteiger partial charge on any atom is 0.159 e. The van der Waals surface area contributed by atoms with Gasteiger partial charge in [-0.05, 0) is 45.4 Å². The summed E-state index contributed by atoms with van der Waals surface area (Å²) in [4.78, 5) is 4.83. The lowest BCUT2D eigenvalue weighted by Crippen LogP contribution is -2.19. The molecule has 0 saturated heterocycles. The number of alkyl halides is 1. The Morgan fingerprint density at radius 2 is 2.05 bits per heavy atom. The van der Waals surface area contributed by atoms with Crippen LogP contribution in [0.1, 0.15) is 63.5 Å². The van der Waals surface area contributed by atoms with E-state index in [4.69, 9.17) is 16.6 Å². The van der Waals surface area contributed by atoms with Crippen molar-refractivity contribution in [3.8, 4) is 0 Å². The summed E-state index contributed by atoms with van der Waals surface area (Å²) >= 11 is 6.43. The third kappa shape index (κ3) is 2.19. The Hall–Kier alpha value is -1.03. The lowest BCUT2D eigenvalue weighted by Gasteiger charge is -2.23. The number of fused-ring (bicyclic) bond motifs is 1. The van der Waals surface area contributed by atoms with E-state index in [0.29, 0.717) is 12.0 Å². The molecular weight excluding hydrogens is 284 g/mol. The predicted octanol–water partition coefficient (Wildman–Crippen LogP) is 4.47. The first-order chi connectivity index (χ1) is 9.95. The average Bonchev–Trinajstić information content (AvgIpc) is 3.06. The van der Waals surface area contributed by atoms with Gasteiger partial charge in [-0.1, -0.05) is 13.8 Å². The minimum atomic E-state index is -0.0785. The standard InChI is InChI=1S/C16H25ClN4/c1-6-20-16-14(12(5)19-20)18-15(11(4)17)21(16)13-8-7-9(2)10(13)3/h9-11,13H,6-8H2,1-5H3. The molecule has 0 amide bonds. The zero-order valence-corrected chi connectivity index (χ0v) is 14.4. The van der Waals surface area contributed by atoms with E-state index in [-0.39, 0.29) is 5.38 Å². The molecule has 2 aromatic heterocycles. The molecule has 0 aliphatic heterocycles. The minimum Gasteiger partial charge on any atom is -0.308 e. The number of aromatic nitrogens is 4. The molecule has 4 unspecified atom stereocenters. The first-order valence-electron chi connectivity index (χ1n) is 8.05. The Bertz CT molecular complexity index is 655. The van der Waals surface area contributed by atoms with Gasteiger partial charge in [0, 0.05) is 12.6 Å². The monoisotopic (exact) mass is 308 g/mol. The molecule has 3 rings (SSSR count). The van der Waals surface area contributed by atoms with E-state index < -0.39 is 0 Å². The third-order valence-electron chi connectivity index (χ3n) is 5.18. The second-order valence-corrected chi connectivity index (χ2v) is 7.17. The first-order valence-corrected chi connectivity index (χ1v) is 8.48. The van der Waals surface area contributed by atoms with E-state index in [2.05, 4.69) is 35.1 Å². The van der Waals surface area contributed by atoms with Crippen LogP contribution in [0, 0.1) is 18.8 Å². The molecule has 0 spiro atoms. The molecule has 0 aromatic carbocycles. The summed E-state index contributed by atoms with van der Waals surface area (Å²) in [6.07, 6.45) is 2.49. The van der Waals surface area contributed by atoms with Crippen molar-refractivity contribution in [3.63, 3.8) is 0 Å². The molecule has 1 saturated carbocycles. The van der Waals surface area contributed by atoms with Gasteiger partial charge in [-0.25, -0.2) is 9.67 Å². The lowest BCUT2D eigenvalue weighted by molar-refractivity contribution is 0.348. The van der Waals surface area contributed by atoms with E-state index in [1.807, 2.05) is 13.8 Å². The molecule has 4 nitrogen and oxygen atoms in total. The fourth-order valence-corrected chi connectivity index (χ4v) is 3.89. The van der Waals surface area contributed by atoms with Crippen molar-refractivity contribution in [1.29, 1.82) is 0 Å². The fourth-order valence-electron chi connectivity index (χ4n) is 3.74. The van der Waals surface area contributed by atoms with Gasteiger partial charge in [-0.2, -0.15) is 5.10 Å². The molecule has 2 heterocycles. The summed E-state index contributed by atoms with van der Waals surface area (Å²) in [6.45, 7) is 11.8. The quantitative estimate of drug-likeness (QED) is 0.784. The van der Waals surface area contributed by atoms with E-state index >= 15 is 0 Å². The van der Waals surface area contributed by atoms with Crippen molar-refractivity contribution in [2.45, 2.75) is 65.4 Å². The second-order valence-electron chi connectivity index (χ2n) is 6.51. The van der Waals surface area contributed by atoms with Gasteiger partial charge in [-0.3, -0.25) is 0 Å². The van der Waals surface area contributed by atoms with Gasteiger partial charge >= 0.3 is 0 Å². The van der Waals surface area contributed by atoms with Crippen molar-refractivity contribution in [3.05, 3.63) is 11.5 Å². The number of hydrogen-bond acceptors (Lipinski definition) is 2. The Kier molecular flexibility index (Phi) is 3.76. The number of aryl methyl sites for hydroxylation is 2. The van der Waals surface area contributed by atoms with Crippen molar-refractivity contribution >= 4 is 22.8 Å². The van der Waals surface area contributed by atoms with E-state index in [9.17, 15) is 0 Å². The largest absolute Gasteiger partial charge is 0.308 e. The molecule has 2 aromatic rings.